The number of benzene rings is 1. The first kappa shape index (κ1) is 14.5. The molecule has 2 rings (SSSR count). The van der Waals surface area contributed by atoms with Crippen molar-refractivity contribution in [2.75, 3.05) is 19.3 Å². The Bertz CT molecular complexity index is 544. The number of thiophene rings is 1. The van der Waals surface area contributed by atoms with E-state index in [0.29, 0.717) is 12.2 Å². The van der Waals surface area contributed by atoms with Crippen molar-refractivity contribution >= 4 is 33.0 Å². The van der Waals surface area contributed by atoms with E-state index in [1.54, 1.807) is 11.3 Å². The molecule has 0 radical (unpaired) electrons. The maximum Gasteiger partial charge on any atom is 0.0936 e. The van der Waals surface area contributed by atoms with Crippen LogP contribution in [-0.4, -0.2) is 23.6 Å². The van der Waals surface area contributed by atoms with Gasteiger partial charge in [-0.05, 0) is 46.1 Å². The molecule has 0 aliphatic rings. The number of aliphatic hydroxyl groups is 1. The number of rotatable bonds is 5. The van der Waals surface area contributed by atoms with Crippen molar-refractivity contribution < 1.29 is 5.11 Å². The molecule has 0 fully saturated rings. The van der Waals surface area contributed by atoms with Crippen LogP contribution in [0, 0.1) is 0 Å². The fourth-order valence-electron chi connectivity index (χ4n) is 2.01. The van der Waals surface area contributed by atoms with Crippen LogP contribution in [0.1, 0.15) is 17.2 Å². The summed E-state index contributed by atoms with van der Waals surface area (Å²) in [7, 11) is 1.99. The predicted octanol–water partition coefficient (Wildman–Crippen LogP) is 3.26. The minimum Gasteiger partial charge on any atom is -0.398 e. The van der Waals surface area contributed by atoms with Crippen molar-refractivity contribution in [1.82, 2.24) is 4.90 Å². The number of para-hydroxylation sites is 1. The molecule has 2 aromatic rings. The molecule has 1 aromatic carbocycles. The Hall–Kier alpha value is -0.880. The predicted molar refractivity (Wildman–Crippen MR) is 84.2 cm³/mol. The molecule has 0 spiro atoms. The molecule has 0 aliphatic heterocycles. The standard InChI is InChI=1S/C14H17BrN2OS/c1-17(7-10-6-14(15)19-9-10)8-13(18)11-4-2-3-5-12(11)16/h2-6,9,13,18H,7-8,16H2,1H3. The van der Waals surface area contributed by atoms with Gasteiger partial charge in [0.15, 0.2) is 0 Å². The van der Waals surface area contributed by atoms with E-state index in [1.165, 1.54) is 5.56 Å². The van der Waals surface area contributed by atoms with Crippen LogP contribution >= 0.6 is 27.3 Å². The van der Waals surface area contributed by atoms with E-state index >= 15 is 0 Å². The third-order valence-corrected chi connectivity index (χ3v) is 4.47. The molecule has 1 unspecified atom stereocenters. The van der Waals surface area contributed by atoms with Crippen LogP contribution in [0.5, 0.6) is 0 Å². The zero-order valence-electron chi connectivity index (χ0n) is 10.7. The van der Waals surface area contributed by atoms with Gasteiger partial charge in [-0.3, -0.25) is 4.90 Å². The normalized spacial score (nSPS) is 12.8. The summed E-state index contributed by atoms with van der Waals surface area (Å²) in [6, 6.07) is 9.55. The fourth-order valence-corrected chi connectivity index (χ4v) is 3.21. The van der Waals surface area contributed by atoms with Crippen molar-refractivity contribution in [3.8, 4) is 0 Å². The van der Waals surface area contributed by atoms with Crippen LogP contribution in [0.15, 0.2) is 39.5 Å². The smallest absolute Gasteiger partial charge is 0.0936 e. The summed E-state index contributed by atoms with van der Waals surface area (Å²) < 4.78 is 1.13. The van der Waals surface area contributed by atoms with Gasteiger partial charge in [-0.1, -0.05) is 18.2 Å². The van der Waals surface area contributed by atoms with Crippen molar-refractivity contribution in [1.29, 1.82) is 0 Å². The maximum absolute atomic E-state index is 10.2. The molecule has 1 aromatic heterocycles. The number of halogens is 1. The minimum absolute atomic E-state index is 0.557. The molecule has 0 bridgehead atoms. The third-order valence-electron chi connectivity index (χ3n) is 2.91. The third kappa shape index (κ3) is 4.04. The molecule has 0 aliphatic carbocycles. The number of aliphatic hydroxyl groups excluding tert-OH is 1. The topological polar surface area (TPSA) is 49.5 Å². The summed E-state index contributed by atoms with van der Waals surface area (Å²) in [4.78, 5) is 2.09. The highest BCUT2D eigenvalue weighted by Crippen LogP contribution is 2.23. The second-order valence-corrected chi connectivity index (χ2v) is 6.89. The van der Waals surface area contributed by atoms with Gasteiger partial charge in [0.25, 0.3) is 0 Å². The van der Waals surface area contributed by atoms with Gasteiger partial charge in [-0.2, -0.15) is 0 Å². The number of nitrogens with zero attached hydrogens (tertiary/aromatic N) is 1. The lowest BCUT2D eigenvalue weighted by atomic mass is 10.1. The van der Waals surface area contributed by atoms with Crippen molar-refractivity contribution in [3.63, 3.8) is 0 Å². The molecule has 102 valence electrons. The van der Waals surface area contributed by atoms with Crippen LogP contribution in [-0.2, 0) is 6.54 Å². The summed E-state index contributed by atoms with van der Waals surface area (Å²) in [6.45, 7) is 1.37. The zero-order valence-corrected chi connectivity index (χ0v) is 13.1. The molecular weight excluding hydrogens is 324 g/mol. The SMILES string of the molecule is CN(Cc1csc(Br)c1)CC(O)c1ccccc1N. The Kier molecular flexibility index (Phi) is 4.99. The number of hydrogen-bond acceptors (Lipinski definition) is 4. The van der Waals surface area contributed by atoms with Crippen molar-refractivity contribution in [2.45, 2.75) is 12.6 Å². The van der Waals surface area contributed by atoms with Crippen LogP contribution in [0.3, 0.4) is 0 Å². The van der Waals surface area contributed by atoms with E-state index in [9.17, 15) is 5.11 Å². The first-order chi connectivity index (χ1) is 9.06. The number of nitrogens with two attached hydrogens (primary N) is 1. The minimum atomic E-state index is -0.562. The van der Waals surface area contributed by atoms with E-state index in [0.717, 1.165) is 15.9 Å². The zero-order chi connectivity index (χ0) is 13.8. The van der Waals surface area contributed by atoms with Gasteiger partial charge >= 0.3 is 0 Å². The van der Waals surface area contributed by atoms with Gasteiger partial charge in [0, 0.05) is 24.3 Å². The number of hydrogen-bond donors (Lipinski definition) is 2. The van der Waals surface area contributed by atoms with Crippen molar-refractivity contribution in [3.05, 3.63) is 50.6 Å². The summed E-state index contributed by atoms with van der Waals surface area (Å²) in [6.07, 6.45) is -0.562. The van der Waals surface area contributed by atoms with E-state index in [4.69, 9.17) is 5.73 Å². The van der Waals surface area contributed by atoms with Crippen LogP contribution < -0.4 is 5.73 Å². The highest BCUT2D eigenvalue weighted by Gasteiger charge is 2.13. The molecule has 1 atom stereocenters. The molecule has 1 heterocycles. The van der Waals surface area contributed by atoms with Crippen LogP contribution in [0.4, 0.5) is 5.69 Å². The molecule has 19 heavy (non-hydrogen) atoms. The van der Waals surface area contributed by atoms with Crippen LogP contribution in [0.2, 0.25) is 0 Å². The van der Waals surface area contributed by atoms with E-state index in [1.807, 2.05) is 31.3 Å². The highest BCUT2D eigenvalue weighted by molar-refractivity contribution is 9.11. The molecular formula is C14H17BrN2OS. The molecule has 0 saturated heterocycles. The summed E-state index contributed by atoms with van der Waals surface area (Å²) >= 11 is 5.12. The fraction of sp³-hybridized carbons (Fsp3) is 0.286. The number of nitrogen functional groups attached to an aromatic ring is 1. The van der Waals surface area contributed by atoms with Crippen LogP contribution in [0.25, 0.3) is 0 Å². The lowest BCUT2D eigenvalue weighted by molar-refractivity contribution is 0.124. The van der Waals surface area contributed by atoms with Crippen molar-refractivity contribution in [2.24, 2.45) is 0 Å². The first-order valence-electron chi connectivity index (χ1n) is 6.00. The molecule has 3 N–H and O–H groups in total. The monoisotopic (exact) mass is 340 g/mol. The molecule has 5 heteroatoms. The van der Waals surface area contributed by atoms with Gasteiger partial charge in [-0.25, -0.2) is 0 Å². The van der Waals surface area contributed by atoms with E-state index in [2.05, 4.69) is 32.3 Å². The Morgan fingerprint density at radius 3 is 2.79 bits per heavy atom. The average molecular weight is 341 g/mol. The Labute approximate surface area is 125 Å². The quantitative estimate of drug-likeness (QED) is 0.821. The lowest BCUT2D eigenvalue weighted by Crippen LogP contribution is -2.24. The molecule has 0 amide bonds. The maximum atomic E-state index is 10.2. The number of anilines is 1. The van der Waals surface area contributed by atoms with Gasteiger partial charge in [0.05, 0.1) is 9.89 Å². The Balaban J connectivity index is 1.95. The average Bonchev–Trinajstić information content (AvgIpc) is 2.74. The molecule has 3 nitrogen and oxygen atoms in total. The van der Waals surface area contributed by atoms with Gasteiger partial charge in [-0.15, -0.1) is 11.3 Å². The number of likely N-dealkylation sites (N-methyl/N-ethyl adjacent to an activating group) is 1. The highest BCUT2D eigenvalue weighted by atomic mass is 79.9. The second-order valence-electron chi connectivity index (χ2n) is 4.60. The largest absolute Gasteiger partial charge is 0.398 e. The van der Waals surface area contributed by atoms with Gasteiger partial charge in [0.1, 0.15) is 0 Å². The second kappa shape index (κ2) is 6.52. The Morgan fingerprint density at radius 2 is 2.16 bits per heavy atom. The first-order valence-corrected chi connectivity index (χ1v) is 7.67. The summed E-state index contributed by atoms with van der Waals surface area (Å²) in [5, 5.41) is 12.3. The Morgan fingerprint density at radius 1 is 1.42 bits per heavy atom. The van der Waals surface area contributed by atoms with E-state index in [-0.39, 0.29) is 0 Å². The van der Waals surface area contributed by atoms with Gasteiger partial charge in [0.2, 0.25) is 0 Å². The van der Waals surface area contributed by atoms with Gasteiger partial charge < -0.3 is 10.8 Å². The summed E-state index contributed by atoms with van der Waals surface area (Å²) in [5.74, 6) is 0. The summed E-state index contributed by atoms with van der Waals surface area (Å²) in [5.41, 5.74) is 8.55. The lowest BCUT2D eigenvalue weighted by Gasteiger charge is -2.21. The molecule has 0 saturated carbocycles. The van der Waals surface area contributed by atoms with E-state index < -0.39 is 6.10 Å².